The van der Waals surface area contributed by atoms with E-state index in [0.717, 1.165) is 18.4 Å². The smallest absolute Gasteiger partial charge is 0.256 e. The van der Waals surface area contributed by atoms with Crippen LogP contribution in [-0.2, 0) is 0 Å². The molecule has 1 aromatic carbocycles. The van der Waals surface area contributed by atoms with Crippen LogP contribution in [-0.4, -0.2) is 34.6 Å². The molecular weight excluding hydrogens is 254 g/mol. The number of nitrogen functional groups attached to an aromatic ring is 1. The standard InChI is InChI=1S/C15H23N3O2/c1-11-4-5-12(13(10-11)17-16)14(19)18-8-3-6-15(2,20)7-9-18/h4-5,10,17,20H,3,6-9,16H2,1-2H3. The highest BCUT2D eigenvalue weighted by Crippen LogP contribution is 2.24. The van der Waals surface area contributed by atoms with Gasteiger partial charge in [-0.1, -0.05) is 6.07 Å². The third-order valence-electron chi connectivity index (χ3n) is 3.91. The van der Waals surface area contributed by atoms with Crippen molar-refractivity contribution in [3.63, 3.8) is 0 Å². The molecular formula is C15H23N3O2. The molecule has 110 valence electrons. The lowest BCUT2D eigenvalue weighted by molar-refractivity contribution is 0.0438. The summed E-state index contributed by atoms with van der Waals surface area (Å²) in [4.78, 5) is 14.4. The largest absolute Gasteiger partial charge is 0.390 e. The fraction of sp³-hybridized carbons (Fsp3) is 0.533. The third-order valence-corrected chi connectivity index (χ3v) is 3.91. The molecule has 1 saturated heterocycles. The van der Waals surface area contributed by atoms with E-state index in [1.807, 2.05) is 26.0 Å². The molecule has 0 saturated carbocycles. The zero-order valence-corrected chi connectivity index (χ0v) is 12.1. The quantitative estimate of drug-likeness (QED) is 0.567. The number of nitrogens with zero attached hydrogens (tertiary/aromatic N) is 1. The fourth-order valence-corrected chi connectivity index (χ4v) is 2.60. The first-order chi connectivity index (χ1) is 9.43. The summed E-state index contributed by atoms with van der Waals surface area (Å²) in [6.07, 6.45) is 2.15. The van der Waals surface area contributed by atoms with Gasteiger partial charge in [0.05, 0.1) is 16.9 Å². The van der Waals surface area contributed by atoms with Crippen LogP contribution in [0, 0.1) is 6.92 Å². The van der Waals surface area contributed by atoms with Crippen molar-refractivity contribution in [2.24, 2.45) is 5.84 Å². The Morgan fingerprint density at radius 2 is 2.15 bits per heavy atom. The van der Waals surface area contributed by atoms with Gasteiger partial charge in [-0.2, -0.15) is 0 Å². The summed E-state index contributed by atoms with van der Waals surface area (Å²) in [5.41, 5.74) is 4.20. The average molecular weight is 277 g/mol. The maximum Gasteiger partial charge on any atom is 0.256 e. The van der Waals surface area contributed by atoms with Gasteiger partial charge in [-0.25, -0.2) is 0 Å². The van der Waals surface area contributed by atoms with Crippen LogP contribution in [0.1, 0.15) is 42.1 Å². The van der Waals surface area contributed by atoms with Gasteiger partial charge in [0, 0.05) is 13.1 Å². The van der Waals surface area contributed by atoms with Crippen molar-refractivity contribution in [3.8, 4) is 0 Å². The van der Waals surface area contributed by atoms with E-state index in [1.54, 1.807) is 11.0 Å². The summed E-state index contributed by atoms with van der Waals surface area (Å²) in [6.45, 7) is 5.04. The Labute approximate surface area is 119 Å². The number of benzene rings is 1. The SMILES string of the molecule is Cc1ccc(C(=O)N2CCCC(C)(O)CC2)c(NN)c1. The third kappa shape index (κ3) is 3.29. The van der Waals surface area contributed by atoms with Gasteiger partial charge in [-0.05, 0) is 50.8 Å². The van der Waals surface area contributed by atoms with E-state index in [0.29, 0.717) is 30.8 Å². The van der Waals surface area contributed by atoms with Crippen molar-refractivity contribution in [3.05, 3.63) is 29.3 Å². The molecule has 1 atom stereocenters. The number of likely N-dealkylation sites (tertiary alicyclic amines) is 1. The summed E-state index contributed by atoms with van der Waals surface area (Å²) in [5, 5.41) is 10.1. The second kappa shape index (κ2) is 5.81. The van der Waals surface area contributed by atoms with Gasteiger partial charge in [0.15, 0.2) is 0 Å². The van der Waals surface area contributed by atoms with Crippen LogP contribution >= 0.6 is 0 Å². The van der Waals surface area contributed by atoms with Gasteiger partial charge >= 0.3 is 0 Å². The monoisotopic (exact) mass is 277 g/mol. The van der Waals surface area contributed by atoms with Gasteiger partial charge in [0.2, 0.25) is 0 Å². The molecule has 0 aliphatic carbocycles. The first-order valence-electron chi connectivity index (χ1n) is 7.02. The number of amides is 1. The van der Waals surface area contributed by atoms with Gasteiger partial charge < -0.3 is 15.4 Å². The number of aliphatic hydroxyl groups is 1. The molecule has 0 spiro atoms. The lowest BCUT2D eigenvalue weighted by Gasteiger charge is -2.23. The first-order valence-corrected chi connectivity index (χ1v) is 7.02. The summed E-state index contributed by atoms with van der Waals surface area (Å²) in [7, 11) is 0. The second-order valence-electron chi connectivity index (χ2n) is 5.84. The Kier molecular flexibility index (Phi) is 4.30. The van der Waals surface area contributed by atoms with Gasteiger partial charge in [-0.3, -0.25) is 10.6 Å². The highest BCUT2D eigenvalue weighted by atomic mass is 16.3. The predicted molar refractivity (Wildman–Crippen MR) is 79.4 cm³/mol. The summed E-state index contributed by atoms with van der Waals surface area (Å²) in [5.74, 6) is 5.47. The molecule has 1 unspecified atom stereocenters. The minimum absolute atomic E-state index is 0.0318. The summed E-state index contributed by atoms with van der Waals surface area (Å²) in [6, 6.07) is 5.57. The molecule has 0 aromatic heterocycles. The number of anilines is 1. The van der Waals surface area contributed by atoms with E-state index in [9.17, 15) is 9.90 Å². The van der Waals surface area contributed by atoms with Crippen LogP contribution < -0.4 is 11.3 Å². The topological polar surface area (TPSA) is 78.6 Å². The number of rotatable bonds is 2. The minimum atomic E-state index is -0.669. The molecule has 1 heterocycles. The number of carbonyl (C=O) groups excluding carboxylic acids is 1. The van der Waals surface area contributed by atoms with Gasteiger partial charge in [0.1, 0.15) is 0 Å². The maximum atomic E-state index is 12.6. The Morgan fingerprint density at radius 3 is 2.85 bits per heavy atom. The van der Waals surface area contributed by atoms with E-state index in [4.69, 9.17) is 5.84 Å². The number of hydrogen-bond donors (Lipinski definition) is 3. The van der Waals surface area contributed by atoms with Crippen molar-refractivity contribution in [1.82, 2.24) is 4.90 Å². The summed E-state index contributed by atoms with van der Waals surface area (Å²) >= 11 is 0. The van der Waals surface area contributed by atoms with E-state index < -0.39 is 5.60 Å². The lowest BCUT2D eigenvalue weighted by atomic mass is 9.98. The molecule has 5 nitrogen and oxygen atoms in total. The number of aryl methyl sites for hydroxylation is 1. The molecule has 1 aliphatic heterocycles. The molecule has 1 aliphatic rings. The Hall–Kier alpha value is -1.59. The van der Waals surface area contributed by atoms with Crippen LogP contribution in [0.5, 0.6) is 0 Å². The Morgan fingerprint density at radius 1 is 1.40 bits per heavy atom. The van der Waals surface area contributed by atoms with Crippen molar-refractivity contribution >= 4 is 11.6 Å². The molecule has 1 aromatic rings. The first kappa shape index (κ1) is 14.8. The Balaban J connectivity index is 2.19. The molecule has 0 radical (unpaired) electrons. The van der Waals surface area contributed by atoms with Gasteiger partial charge in [-0.15, -0.1) is 0 Å². The van der Waals surface area contributed by atoms with Crippen molar-refractivity contribution in [1.29, 1.82) is 0 Å². The lowest BCUT2D eigenvalue weighted by Crippen LogP contribution is -2.34. The zero-order chi connectivity index (χ0) is 14.8. The number of carbonyl (C=O) groups is 1. The van der Waals surface area contributed by atoms with E-state index >= 15 is 0 Å². The highest BCUT2D eigenvalue weighted by molar-refractivity contribution is 5.99. The normalized spacial score (nSPS) is 23.3. The van der Waals surface area contributed by atoms with E-state index in [1.165, 1.54) is 0 Å². The Bertz CT molecular complexity index is 500. The number of nitrogens with one attached hydrogen (secondary N) is 1. The molecule has 20 heavy (non-hydrogen) atoms. The van der Waals surface area contributed by atoms with Crippen molar-refractivity contribution in [2.75, 3.05) is 18.5 Å². The molecule has 2 rings (SSSR count). The number of hydrazine groups is 1. The fourth-order valence-electron chi connectivity index (χ4n) is 2.60. The molecule has 1 fully saturated rings. The van der Waals surface area contributed by atoms with Crippen LogP contribution in [0.15, 0.2) is 18.2 Å². The molecule has 1 amide bonds. The highest BCUT2D eigenvalue weighted by Gasteiger charge is 2.28. The van der Waals surface area contributed by atoms with Crippen LogP contribution in [0.2, 0.25) is 0 Å². The average Bonchev–Trinajstić information content (AvgIpc) is 2.59. The molecule has 4 N–H and O–H groups in total. The molecule has 0 bridgehead atoms. The van der Waals surface area contributed by atoms with E-state index in [2.05, 4.69) is 5.43 Å². The number of hydrogen-bond acceptors (Lipinski definition) is 4. The van der Waals surface area contributed by atoms with Crippen LogP contribution in [0.3, 0.4) is 0 Å². The van der Waals surface area contributed by atoms with Crippen LogP contribution in [0.4, 0.5) is 5.69 Å². The summed E-state index contributed by atoms with van der Waals surface area (Å²) < 4.78 is 0. The molecule has 5 heteroatoms. The number of nitrogens with two attached hydrogens (primary N) is 1. The van der Waals surface area contributed by atoms with Crippen molar-refractivity contribution < 1.29 is 9.90 Å². The van der Waals surface area contributed by atoms with Crippen LogP contribution in [0.25, 0.3) is 0 Å². The predicted octanol–water partition coefficient (Wildman–Crippen LogP) is 1.66. The maximum absolute atomic E-state index is 12.6. The minimum Gasteiger partial charge on any atom is -0.390 e. The zero-order valence-electron chi connectivity index (χ0n) is 12.1. The second-order valence-corrected chi connectivity index (χ2v) is 5.84. The van der Waals surface area contributed by atoms with Crippen molar-refractivity contribution in [2.45, 2.75) is 38.7 Å². The van der Waals surface area contributed by atoms with E-state index in [-0.39, 0.29) is 5.91 Å². The van der Waals surface area contributed by atoms with Gasteiger partial charge in [0.25, 0.3) is 5.91 Å².